The summed E-state index contributed by atoms with van der Waals surface area (Å²) in [7, 11) is -1.94. The van der Waals surface area contributed by atoms with Crippen LogP contribution < -0.4 is 10.9 Å². The van der Waals surface area contributed by atoms with Gasteiger partial charge in [0, 0.05) is 8.95 Å². The van der Waals surface area contributed by atoms with E-state index in [0.29, 0.717) is 0 Å². The molecule has 0 bridgehead atoms. The molecule has 18 rings (SSSR count). The fourth-order valence-corrected chi connectivity index (χ4v) is 17.1. The van der Waals surface area contributed by atoms with Gasteiger partial charge in [-0.25, -0.2) is 0 Å². The molecule has 0 amide bonds. The van der Waals surface area contributed by atoms with Crippen LogP contribution in [0.15, 0.2) is 227 Å². The molecule has 10 aromatic rings. The summed E-state index contributed by atoms with van der Waals surface area (Å²) in [6, 6.07) is 80.7. The topological polar surface area (TPSA) is 73.8 Å². The van der Waals surface area contributed by atoms with Gasteiger partial charge in [0.1, 0.15) is 0 Å². The summed E-state index contributed by atoms with van der Waals surface area (Å²) in [5.41, 5.74) is 23.1. The van der Waals surface area contributed by atoms with E-state index in [0.717, 1.165) is 19.9 Å². The highest BCUT2D eigenvalue weighted by atomic mass is 79.9. The monoisotopic (exact) mass is 1450 g/mol. The molecule has 4 saturated heterocycles. The van der Waals surface area contributed by atoms with Crippen molar-refractivity contribution in [1.29, 1.82) is 0 Å². The van der Waals surface area contributed by atoms with Crippen LogP contribution in [0.3, 0.4) is 0 Å². The maximum absolute atomic E-state index is 6.67. The Morgan fingerprint density at radius 1 is 0.210 bits per heavy atom. The highest BCUT2D eigenvalue weighted by molar-refractivity contribution is 9.10. The van der Waals surface area contributed by atoms with Crippen molar-refractivity contribution >= 4 is 71.0 Å². The van der Waals surface area contributed by atoms with Crippen LogP contribution in [0.4, 0.5) is 0 Å². The summed E-state index contributed by atoms with van der Waals surface area (Å²) in [6.45, 7) is 33.1. The van der Waals surface area contributed by atoms with Crippen molar-refractivity contribution in [1.82, 2.24) is 0 Å². The van der Waals surface area contributed by atoms with Crippen molar-refractivity contribution in [2.24, 2.45) is 0 Å². The zero-order valence-electron chi connectivity index (χ0n) is 60.1. The lowest BCUT2D eigenvalue weighted by atomic mass is 9.49. The molecule has 10 aromatic carbocycles. The summed E-state index contributed by atoms with van der Waals surface area (Å²) >= 11 is 7.62. The van der Waals surface area contributed by atoms with Crippen LogP contribution in [0, 0.1) is 0 Å². The predicted octanol–water partition coefficient (Wildman–Crippen LogP) is 19.8. The normalized spacial score (nSPS) is 20.7. The van der Waals surface area contributed by atoms with Crippen LogP contribution in [0.2, 0.25) is 0 Å². The van der Waals surface area contributed by atoms with E-state index >= 15 is 0 Å². The van der Waals surface area contributed by atoms with Crippen molar-refractivity contribution in [3.05, 3.63) is 272 Å². The van der Waals surface area contributed by atoms with Crippen LogP contribution in [0.5, 0.6) is 0 Å². The van der Waals surface area contributed by atoms with Crippen LogP contribution >= 0.6 is 31.9 Å². The minimum absolute atomic E-state index is 0.360. The van der Waals surface area contributed by atoms with Crippen LogP contribution in [-0.4, -0.2) is 73.1 Å². The second kappa shape index (κ2) is 23.3. The van der Waals surface area contributed by atoms with Gasteiger partial charge in [0.05, 0.1) is 55.6 Å². The molecule has 8 aliphatic rings. The van der Waals surface area contributed by atoms with E-state index in [1.807, 2.05) is 55.4 Å². The number of fused-ring (bicyclic) bond motifs is 24. The zero-order valence-corrected chi connectivity index (χ0v) is 63.3. The third kappa shape index (κ3) is 10.1. The first kappa shape index (κ1) is 67.6. The Hall–Kier alpha value is -6.90. The molecule has 0 N–H and O–H groups in total. The summed E-state index contributed by atoms with van der Waals surface area (Å²) in [6.07, 6.45) is 0. The fourth-order valence-electron chi connectivity index (χ4n) is 16.4. The Kier molecular flexibility index (Phi) is 15.7. The van der Waals surface area contributed by atoms with E-state index in [1.165, 1.54) is 111 Å². The van der Waals surface area contributed by atoms with Crippen molar-refractivity contribution < 1.29 is 37.2 Å². The molecule has 4 aliphatic heterocycles. The average Bonchev–Trinajstić information content (AvgIpc) is 1.51. The first-order valence-corrected chi connectivity index (χ1v) is 36.8. The third-order valence-electron chi connectivity index (χ3n) is 24.4. The molecule has 0 unspecified atom stereocenters. The lowest BCUT2D eigenvalue weighted by Crippen LogP contribution is -2.41. The molecular weight excluding hydrogens is 1360 g/mol. The summed E-state index contributed by atoms with van der Waals surface area (Å²) in [5.74, 6) is 0. The SMILES string of the molecule is Brc1ccc2c(c1)C1(c3cc(Br)ccc3-c3ccccc3-2)c2ccccc2-c2ccccc21.CC1(C)OB(B2OC(C)(C)C(C)(C)O2)OC1(C)C.CC1(C)OB(c2ccc3c(c2)C2(c4cc(B5OC(C)(C)C(C)(C)O5)ccc4-c4ccccc4-3)c3ccccc3-c3ccccc32)OC1(C)C. The Morgan fingerprint density at radius 3 is 0.670 bits per heavy atom. The van der Waals surface area contributed by atoms with Crippen LogP contribution in [0.1, 0.15) is 155 Å². The van der Waals surface area contributed by atoms with Gasteiger partial charge in [-0.2, -0.15) is 0 Å². The van der Waals surface area contributed by atoms with E-state index in [-0.39, 0.29) is 22.4 Å². The van der Waals surface area contributed by atoms with Gasteiger partial charge in [-0.1, -0.05) is 226 Å². The third-order valence-corrected chi connectivity index (χ3v) is 25.4. The minimum atomic E-state index is -0.643. The predicted molar refractivity (Wildman–Crippen MR) is 415 cm³/mol. The quantitative estimate of drug-likeness (QED) is 0.162. The molecule has 0 radical (unpaired) electrons. The van der Waals surface area contributed by atoms with Gasteiger partial charge >= 0.3 is 28.3 Å². The second-order valence-electron chi connectivity index (χ2n) is 32.2. The van der Waals surface area contributed by atoms with Gasteiger partial charge in [-0.15, -0.1) is 0 Å². The summed E-state index contributed by atoms with van der Waals surface area (Å²) < 4.78 is 52.7. The molecule has 0 atom stereocenters. The molecule has 14 heteroatoms. The molecule has 0 aromatic heterocycles. The van der Waals surface area contributed by atoms with Crippen molar-refractivity contribution in [2.75, 3.05) is 0 Å². The first-order chi connectivity index (χ1) is 47.3. The molecule has 4 aliphatic carbocycles. The Balaban J connectivity index is 0.000000131. The molecule has 4 fully saturated rings. The summed E-state index contributed by atoms with van der Waals surface area (Å²) in [5, 5.41) is 0. The van der Waals surface area contributed by atoms with Gasteiger partial charge in [-0.3, -0.25) is 0 Å². The van der Waals surface area contributed by atoms with E-state index in [4.69, 9.17) is 37.2 Å². The van der Waals surface area contributed by atoms with Crippen molar-refractivity contribution in [2.45, 2.75) is 166 Å². The van der Waals surface area contributed by atoms with E-state index in [2.05, 4.69) is 306 Å². The number of benzene rings is 10. The molecule has 8 nitrogen and oxygen atoms in total. The number of hydrogen-bond donors (Lipinski definition) is 0. The van der Waals surface area contributed by atoms with E-state index in [1.54, 1.807) is 0 Å². The van der Waals surface area contributed by atoms with Crippen molar-refractivity contribution in [3.8, 4) is 66.8 Å². The van der Waals surface area contributed by atoms with Crippen LogP contribution in [-0.2, 0) is 48.1 Å². The van der Waals surface area contributed by atoms with Gasteiger partial charge < -0.3 is 37.2 Å². The minimum Gasteiger partial charge on any atom is -0.405 e. The Bertz CT molecular complexity index is 4620. The van der Waals surface area contributed by atoms with Gasteiger partial charge in [0.25, 0.3) is 0 Å². The van der Waals surface area contributed by atoms with Crippen LogP contribution in [0.25, 0.3) is 66.8 Å². The number of halogens is 2. The number of rotatable bonds is 3. The fraction of sp³-hybridized carbons (Fsp3) is 0.302. The zero-order chi connectivity index (χ0) is 70.3. The lowest BCUT2D eigenvalue weighted by molar-refractivity contribution is 0.00578. The molecule has 4 heterocycles. The molecule has 502 valence electrons. The molecule has 0 saturated carbocycles. The highest BCUT2D eigenvalue weighted by Crippen LogP contribution is 2.64. The maximum atomic E-state index is 6.67. The largest absolute Gasteiger partial charge is 0.494 e. The van der Waals surface area contributed by atoms with Gasteiger partial charge in [-0.05, 0) is 257 Å². The van der Waals surface area contributed by atoms with Crippen molar-refractivity contribution in [3.63, 3.8) is 0 Å². The molecular formula is C86H84B4Br2O8. The second-order valence-corrected chi connectivity index (χ2v) is 34.0. The highest BCUT2D eigenvalue weighted by Gasteiger charge is 2.64. The van der Waals surface area contributed by atoms with E-state index < -0.39 is 61.5 Å². The maximum Gasteiger partial charge on any atom is 0.494 e. The molecule has 100 heavy (non-hydrogen) atoms. The van der Waals surface area contributed by atoms with E-state index in [9.17, 15) is 0 Å². The van der Waals surface area contributed by atoms with Gasteiger partial charge in [0.15, 0.2) is 0 Å². The first-order valence-electron chi connectivity index (χ1n) is 35.2. The number of hydrogen-bond acceptors (Lipinski definition) is 8. The Labute approximate surface area is 609 Å². The summed E-state index contributed by atoms with van der Waals surface area (Å²) in [4.78, 5) is 0. The molecule has 2 spiro atoms. The average molecular weight is 1450 g/mol. The van der Waals surface area contributed by atoms with Gasteiger partial charge in [0.2, 0.25) is 0 Å². The smallest absolute Gasteiger partial charge is 0.405 e. The standard InChI is InChI=1S/C43H42B2O4.C31H18Br2.C12H24B2O4/c1-39(2)40(3,4)47-44(46-39)27-21-23-33-29-15-9-10-16-30(29)34-24-22-28(45-48-41(5,6)42(7,8)49-45)26-38(34)43(37(33)25-27)35-19-13-11-17-31(35)32-18-12-14-20-36(32)43;32-19-13-15-25-21-7-1-2-8-22(21)26-16-14-20(33)18-30(26)31(29(25)17-19)27-11-5-3-9-23(27)24-10-4-6-12-28(24)31;1-9(2)10(3,4)16-13(15-9)14-17-11(5,6)12(7,8)18-14/h9-26H,1-8H3;1-18H;1-8H3. The Morgan fingerprint density at radius 2 is 0.410 bits per heavy atom. The lowest BCUT2D eigenvalue weighted by Gasteiger charge is -2.36.